The van der Waals surface area contributed by atoms with Crippen LogP contribution in [0.1, 0.15) is 18.4 Å². The lowest BCUT2D eigenvalue weighted by Gasteiger charge is -2.37. The first-order chi connectivity index (χ1) is 14.4. The third kappa shape index (κ3) is 6.93. The molecule has 2 rings (SSSR count). The Bertz CT molecular complexity index is 645. The zero-order valence-electron chi connectivity index (χ0n) is 16.5. The Morgan fingerprint density at radius 3 is 2.33 bits per heavy atom. The number of hydrogen-bond acceptors (Lipinski definition) is 7. The fraction of sp³-hybridized carbons (Fsp3) is 0.650. The monoisotopic (exact) mass is 467 g/mol. The average molecular weight is 468 g/mol. The third-order valence-electron chi connectivity index (χ3n) is 4.91. The molecular weight excluding hydrogens is 440 g/mol. The van der Waals surface area contributed by atoms with E-state index >= 15 is 0 Å². The van der Waals surface area contributed by atoms with Crippen molar-refractivity contribution in [1.29, 1.82) is 0 Å². The lowest BCUT2D eigenvalue weighted by molar-refractivity contribution is -0.278. The maximum absolute atomic E-state index is 14.0. The molecule has 0 bridgehead atoms. The van der Waals surface area contributed by atoms with Crippen molar-refractivity contribution in [2.24, 2.45) is 0 Å². The summed E-state index contributed by atoms with van der Waals surface area (Å²) in [5.74, 6) is 0.315. The predicted octanol–water partition coefficient (Wildman–Crippen LogP) is 1.61. The van der Waals surface area contributed by atoms with Gasteiger partial charge in [0.2, 0.25) is 6.29 Å². The Morgan fingerprint density at radius 1 is 1.13 bits per heavy atom. The van der Waals surface area contributed by atoms with Gasteiger partial charge >= 0.3 is 5.97 Å². The van der Waals surface area contributed by atoms with Crippen molar-refractivity contribution < 1.29 is 34.0 Å². The van der Waals surface area contributed by atoms with E-state index in [1.807, 2.05) is 24.3 Å². The average Bonchev–Trinajstić information content (AvgIpc) is 2.74. The molecule has 0 amide bonds. The standard InChI is InChI=1S/C20H28Cl2FNO6/c21-8-10-24(11-9-22)14-6-4-13(5-7-14)2-1-3-16(26)30-20-17(23)19(28)18(27)15(12-25)29-20/h4-7,15,17-20,25,27-28H,1-3,8-12H2/t15-,17-,18-,19-,20+/m1/s1. The first kappa shape index (κ1) is 25.1. The van der Waals surface area contributed by atoms with Crippen LogP contribution in [0.2, 0.25) is 0 Å². The number of hydrogen-bond donors (Lipinski definition) is 3. The zero-order valence-corrected chi connectivity index (χ0v) is 18.0. The van der Waals surface area contributed by atoms with E-state index in [-0.39, 0.29) is 6.42 Å². The van der Waals surface area contributed by atoms with Crippen molar-refractivity contribution in [2.75, 3.05) is 36.4 Å². The first-order valence-corrected chi connectivity index (χ1v) is 10.9. The summed E-state index contributed by atoms with van der Waals surface area (Å²) in [6, 6.07) is 7.86. The van der Waals surface area contributed by atoms with E-state index in [1.54, 1.807) is 0 Å². The maximum Gasteiger partial charge on any atom is 0.308 e. The molecule has 5 atom stereocenters. The van der Waals surface area contributed by atoms with Crippen molar-refractivity contribution in [1.82, 2.24) is 0 Å². The molecule has 170 valence electrons. The van der Waals surface area contributed by atoms with Gasteiger partial charge in [-0.3, -0.25) is 4.79 Å². The SMILES string of the molecule is O=C(CCCc1ccc(N(CCCl)CCCl)cc1)O[C@@H]1O[C@H](CO)[C@@H](O)[C@H](O)[C@H]1F. The number of halogens is 3. The number of carbonyl (C=O) groups is 1. The fourth-order valence-electron chi connectivity index (χ4n) is 3.21. The van der Waals surface area contributed by atoms with E-state index in [9.17, 15) is 19.4 Å². The topological polar surface area (TPSA) is 99.5 Å². The second-order valence-electron chi connectivity index (χ2n) is 7.03. The Morgan fingerprint density at radius 2 is 1.77 bits per heavy atom. The van der Waals surface area contributed by atoms with Gasteiger partial charge in [0.25, 0.3) is 0 Å². The second-order valence-corrected chi connectivity index (χ2v) is 7.78. The van der Waals surface area contributed by atoms with E-state index in [1.165, 1.54) is 0 Å². The molecule has 10 heteroatoms. The third-order valence-corrected chi connectivity index (χ3v) is 5.25. The van der Waals surface area contributed by atoms with E-state index in [2.05, 4.69) is 4.90 Å². The van der Waals surface area contributed by atoms with Crippen LogP contribution in [0.25, 0.3) is 0 Å². The minimum Gasteiger partial charge on any atom is -0.432 e. The number of benzene rings is 1. The Labute approximate surface area is 185 Å². The van der Waals surface area contributed by atoms with Crippen molar-refractivity contribution >= 4 is 34.9 Å². The Kier molecular flexibility index (Phi) is 10.6. The minimum absolute atomic E-state index is 0.0292. The van der Waals surface area contributed by atoms with Crippen molar-refractivity contribution in [3.8, 4) is 0 Å². The molecule has 1 saturated heterocycles. The lowest BCUT2D eigenvalue weighted by atomic mass is 10.0. The highest BCUT2D eigenvalue weighted by Crippen LogP contribution is 2.25. The molecule has 0 radical (unpaired) electrons. The fourth-order valence-corrected chi connectivity index (χ4v) is 3.62. The largest absolute Gasteiger partial charge is 0.432 e. The van der Waals surface area contributed by atoms with E-state index in [0.29, 0.717) is 37.7 Å². The molecule has 0 unspecified atom stereocenters. The van der Waals surface area contributed by atoms with Gasteiger partial charge in [0, 0.05) is 37.0 Å². The Balaban J connectivity index is 1.80. The van der Waals surface area contributed by atoms with E-state index < -0.39 is 43.3 Å². The molecule has 0 saturated carbocycles. The van der Waals surface area contributed by atoms with Gasteiger partial charge in [0.05, 0.1) is 6.61 Å². The number of alkyl halides is 3. The predicted molar refractivity (Wildman–Crippen MR) is 112 cm³/mol. The molecule has 3 N–H and O–H groups in total. The smallest absolute Gasteiger partial charge is 0.308 e. The molecule has 1 aromatic rings. The number of esters is 1. The lowest BCUT2D eigenvalue weighted by Crippen LogP contribution is -2.57. The number of aliphatic hydroxyl groups excluding tert-OH is 3. The molecule has 0 aromatic heterocycles. The highest BCUT2D eigenvalue weighted by atomic mass is 35.5. The van der Waals surface area contributed by atoms with Crippen LogP contribution in [-0.2, 0) is 20.7 Å². The van der Waals surface area contributed by atoms with Crippen LogP contribution < -0.4 is 4.90 Å². The number of nitrogens with zero attached hydrogens (tertiary/aromatic N) is 1. The van der Waals surface area contributed by atoms with Crippen molar-refractivity contribution in [3.63, 3.8) is 0 Å². The number of carbonyl (C=O) groups excluding carboxylic acids is 1. The van der Waals surface area contributed by atoms with Crippen molar-refractivity contribution in [2.45, 2.75) is 50.0 Å². The molecule has 1 heterocycles. The summed E-state index contributed by atoms with van der Waals surface area (Å²) in [6.45, 7) is 0.754. The van der Waals surface area contributed by atoms with Crippen LogP contribution in [0.4, 0.5) is 10.1 Å². The van der Waals surface area contributed by atoms with Crippen LogP contribution in [0, 0.1) is 0 Å². The number of rotatable bonds is 11. The van der Waals surface area contributed by atoms with Gasteiger partial charge in [0.1, 0.15) is 18.3 Å². The molecule has 30 heavy (non-hydrogen) atoms. The number of anilines is 1. The van der Waals surface area contributed by atoms with Gasteiger partial charge < -0.3 is 29.7 Å². The van der Waals surface area contributed by atoms with E-state index in [0.717, 1.165) is 11.3 Å². The molecule has 0 spiro atoms. The molecule has 1 aliphatic rings. The Hall–Kier alpha value is -1.16. The van der Waals surface area contributed by atoms with Crippen LogP contribution >= 0.6 is 23.2 Å². The summed E-state index contributed by atoms with van der Waals surface area (Å²) >= 11 is 11.6. The zero-order chi connectivity index (χ0) is 22.1. The number of aliphatic hydroxyl groups is 3. The molecule has 0 aliphatic carbocycles. The van der Waals surface area contributed by atoms with Gasteiger partial charge in [-0.2, -0.15) is 0 Å². The summed E-state index contributed by atoms with van der Waals surface area (Å²) in [7, 11) is 0. The molecule has 7 nitrogen and oxygen atoms in total. The highest BCUT2D eigenvalue weighted by molar-refractivity contribution is 6.18. The second kappa shape index (κ2) is 12.6. The highest BCUT2D eigenvalue weighted by Gasteiger charge is 2.46. The quantitative estimate of drug-likeness (QED) is 0.335. The van der Waals surface area contributed by atoms with Gasteiger partial charge in [-0.15, -0.1) is 23.2 Å². The number of ether oxygens (including phenoxy) is 2. The summed E-state index contributed by atoms with van der Waals surface area (Å²) < 4.78 is 24.0. The first-order valence-electron chi connectivity index (χ1n) is 9.83. The normalized spacial score (nSPS) is 26.4. The van der Waals surface area contributed by atoms with Crippen LogP contribution in [-0.4, -0.2) is 83.5 Å². The summed E-state index contributed by atoms with van der Waals surface area (Å²) in [4.78, 5) is 14.1. The van der Waals surface area contributed by atoms with Gasteiger partial charge in [-0.1, -0.05) is 12.1 Å². The molecule has 1 aromatic carbocycles. The summed E-state index contributed by atoms with van der Waals surface area (Å²) in [5.41, 5.74) is 2.04. The van der Waals surface area contributed by atoms with E-state index in [4.69, 9.17) is 37.8 Å². The minimum atomic E-state index is -2.09. The van der Waals surface area contributed by atoms with Gasteiger partial charge in [-0.25, -0.2) is 4.39 Å². The maximum atomic E-state index is 14.0. The van der Waals surface area contributed by atoms with Gasteiger partial charge in [-0.05, 0) is 30.5 Å². The van der Waals surface area contributed by atoms with Gasteiger partial charge in [0.15, 0.2) is 6.17 Å². The van der Waals surface area contributed by atoms with Crippen LogP contribution in [0.3, 0.4) is 0 Å². The molecule has 1 fully saturated rings. The number of aryl methyl sites for hydroxylation is 1. The molecular formula is C20H28Cl2FNO6. The van der Waals surface area contributed by atoms with Crippen LogP contribution in [0.15, 0.2) is 24.3 Å². The van der Waals surface area contributed by atoms with Crippen molar-refractivity contribution in [3.05, 3.63) is 29.8 Å². The summed E-state index contributed by atoms with van der Waals surface area (Å²) in [5, 5.41) is 28.4. The molecule has 1 aliphatic heterocycles. The van der Waals surface area contributed by atoms with Crippen LogP contribution in [0.5, 0.6) is 0 Å². The summed E-state index contributed by atoms with van der Waals surface area (Å²) in [6.07, 6.45) is -7.25.